The van der Waals surface area contributed by atoms with Gasteiger partial charge in [0.2, 0.25) is 0 Å². The molecule has 10 heteroatoms. The summed E-state index contributed by atoms with van der Waals surface area (Å²) < 4.78 is 11.4. The van der Waals surface area contributed by atoms with E-state index in [2.05, 4.69) is 10.2 Å². The molecule has 7 nitrogen and oxygen atoms in total. The molecule has 1 aromatic carbocycles. The normalized spacial score (nSPS) is 16.6. The first kappa shape index (κ1) is 16.1. The standard InChI is InChI=1S/C13H13BN2O5S2/c1-20-9-3-2-7-4-8(5-22-13-16-15-6-23-13)14(19)21-11(7)10(9)12(17)18/h2-3,6,8,19H,4-5H2,1H3,(H,17,18)/t8-/m1/s1. The molecule has 0 fully saturated rings. The predicted molar refractivity (Wildman–Crippen MR) is 86.6 cm³/mol. The summed E-state index contributed by atoms with van der Waals surface area (Å²) in [7, 11) is 0.322. The quantitative estimate of drug-likeness (QED) is 0.621. The zero-order valence-electron chi connectivity index (χ0n) is 12.1. The van der Waals surface area contributed by atoms with Crippen molar-refractivity contribution >= 4 is 36.2 Å². The van der Waals surface area contributed by atoms with Crippen molar-refractivity contribution in [2.75, 3.05) is 12.9 Å². The number of hydrogen-bond acceptors (Lipinski definition) is 8. The van der Waals surface area contributed by atoms with Gasteiger partial charge < -0.3 is 19.5 Å². The zero-order chi connectivity index (χ0) is 16.4. The van der Waals surface area contributed by atoms with Crippen molar-refractivity contribution in [1.29, 1.82) is 0 Å². The molecule has 0 amide bonds. The maximum Gasteiger partial charge on any atom is 0.527 e. The average Bonchev–Trinajstić information content (AvgIpc) is 3.05. The van der Waals surface area contributed by atoms with Crippen LogP contribution < -0.4 is 9.39 Å². The number of nitrogens with zero attached hydrogens (tertiary/aromatic N) is 2. The van der Waals surface area contributed by atoms with Crippen molar-refractivity contribution in [2.24, 2.45) is 0 Å². The van der Waals surface area contributed by atoms with Crippen molar-refractivity contribution in [2.45, 2.75) is 16.6 Å². The maximum absolute atomic E-state index is 11.5. The maximum atomic E-state index is 11.5. The smallest absolute Gasteiger partial charge is 0.527 e. The second-order valence-electron chi connectivity index (χ2n) is 4.92. The number of carboxylic acid groups (broad SMARTS) is 1. The van der Waals surface area contributed by atoms with Crippen LogP contribution in [0.2, 0.25) is 5.82 Å². The topological polar surface area (TPSA) is 102 Å². The summed E-state index contributed by atoms with van der Waals surface area (Å²) in [5.74, 6) is -0.310. The van der Waals surface area contributed by atoms with Crippen LogP contribution in [0.1, 0.15) is 15.9 Å². The molecule has 0 unspecified atom stereocenters. The first-order chi connectivity index (χ1) is 11.1. The lowest BCUT2D eigenvalue weighted by molar-refractivity contribution is 0.0690. The number of fused-ring (bicyclic) bond motifs is 1. The fraction of sp³-hybridized carbons (Fsp3) is 0.308. The molecule has 2 heterocycles. The molecule has 0 radical (unpaired) electrons. The fourth-order valence-corrected chi connectivity index (χ4v) is 4.05. The summed E-state index contributed by atoms with van der Waals surface area (Å²) in [6.07, 6.45) is 0.520. The lowest BCUT2D eigenvalue weighted by Crippen LogP contribution is -2.36. The van der Waals surface area contributed by atoms with Gasteiger partial charge in [-0.05, 0) is 18.1 Å². The Labute approximate surface area is 140 Å². The summed E-state index contributed by atoms with van der Waals surface area (Å²) >= 11 is 2.93. The van der Waals surface area contributed by atoms with Crippen LogP contribution in [-0.2, 0) is 6.42 Å². The third-order valence-electron chi connectivity index (χ3n) is 3.52. The number of methoxy groups -OCH3 is 1. The minimum atomic E-state index is -1.15. The Balaban J connectivity index is 1.82. The van der Waals surface area contributed by atoms with Crippen LogP contribution in [0.4, 0.5) is 0 Å². The van der Waals surface area contributed by atoms with Crippen molar-refractivity contribution in [3.63, 3.8) is 0 Å². The molecule has 2 aromatic rings. The van der Waals surface area contributed by atoms with E-state index in [0.29, 0.717) is 12.2 Å². The Morgan fingerprint density at radius 2 is 2.43 bits per heavy atom. The molecule has 0 saturated carbocycles. The molecule has 1 aliphatic heterocycles. The molecule has 1 atom stereocenters. The molecular formula is C13H13BN2O5S2. The van der Waals surface area contributed by atoms with Crippen LogP contribution in [-0.4, -0.2) is 46.3 Å². The van der Waals surface area contributed by atoms with Crippen LogP contribution in [0.3, 0.4) is 0 Å². The van der Waals surface area contributed by atoms with Gasteiger partial charge in [-0.3, -0.25) is 0 Å². The van der Waals surface area contributed by atoms with Gasteiger partial charge in [0.05, 0.1) is 7.11 Å². The number of hydrogen-bond donors (Lipinski definition) is 2. The second kappa shape index (κ2) is 6.77. The first-order valence-corrected chi connectivity index (χ1v) is 8.63. The highest BCUT2D eigenvalue weighted by molar-refractivity contribution is 8.01. The van der Waals surface area contributed by atoms with Crippen molar-refractivity contribution < 1.29 is 24.3 Å². The van der Waals surface area contributed by atoms with E-state index in [4.69, 9.17) is 9.39 Å². The Hall–Kier alpha value is -1.78. The van der Waals surface area contributed by atoms with Gasteiger partial charge in [-0.15, -0.1) is 10.2 Å². The molecular weight excluding hydrogens is 339 g/mol. The van der Waals surface area contributed by atoms with Gasteiger partial charge in [0.15, 0.2) is 4.34 Å². The lowest BCUT2D eigenvalue weighted by atomic mass is 9.67. The number of aromatic carboxylic acids is 1. The average molecular weight is 352 g/mol. The van der Waals surface area contributed by atoms with Crippen LogP contribution >= 0.6 is 23.1 Å². The number of carboxylic acids is 1. The van der Waals surface area contributed by atoms with Gasteiger partial charge in [-0.25, -0.2) is 4.79 Å². The van der Waals surface area contributed by atoms with E-state index < -0.39 is 13.1 Å². The highest BCUT2D eigenvalue weighted by Gasteiger charge is 2.37. The minimum Gasteiger partial charge on any atom is -0.535 e. The summed E-state index contributed by atoms with van der Waals surface area (Å²) in [5, 5.41) is 27.3. The van der Waals surface area contributed by atoms with Crippen molar-refractivity contribution in [3.8, 4) is 11.5 Å². The van der Waals surface area contributed by atoms with Crippen LogP contribution in [0.15, 0.2) is 22.0 Å². The van der Waals surface area contributed by atoms with E-state index in [1.165, 1.54) is 30.2 Å². The number of ether oxygens (including phenoxy) is 1. The number of benzene rings is 1. The lowest BCUT2D eigenvalue weighted by Gasteiger charge is -2.28. The Bertz CT molecular complexity index is 713. The van der Waals surface area contributed by atoms with Crippen molar-refractivity contribution in [1.82, 2.24) is 10.2 Å². The number of thioether (sulfide) groups is 1. The molecule has 2 N–H and O–H groups in total. The largest absolute Gasteiger partial charge is 0.535 e. The highest BCUT2D eigenvalue weighted by Crippen LogP contribution is 2.40. The zero-order valence-corrected chi connectivity index (χ0v) is 13.8. The minimum absolute atomic E-state index is 0.0562. The van der Waals surface area contributed by atoms with E-state index in [-0.39, 0.29) is 22.9 Å². The molecule has 0 saturated heterocycles. The molecule has 1 aliphatic rings. The molecule has 1 aromatic heterocycles. The Morgan fingerprint density at radius 3 is 3.09 bits per heavy atom. The molecule has 0 aliphatic carbocycles. The van der Waals surface area contributed by atoms with Crippen molar-refractivity contribution in [3.05, 3.63) is 28.8 Å². The predicted octanol–water partition coefficient (Wildman–Crippen LogP) is 1.82. The van der Waals surface area contributed by atoms with Gasteiger partial charge in [0.1, 0.15) is 22.6 Å². The number of rotatable bonds is 5. The van der Waals surface area contributed by atoms with Gasteiger partial charge in [-0.2, -0.15) is 0 Å². The summed E-state index contributed by atoms with van der Waals surface area (Å²) in [6.45, 7) is 0. The number of aromatic nitrogens is 2. The first-order valence-electron chi connectivity index (χ1n) is 6.77. The third kappa shape index (κ3) is 3.28. The molecule has 3 rings (SSSR count). The molecule has 120 valence electrons. The highest BCUT2D eigenvalue weighted by atomic mass is 32.2. The fourth-order valence-electron chi connectivity index (χ4n) is 2.42. The van der Waals surface area contributed by atoms with E-state index in [1.54, 1.807) is 17.6 Å². The Kier molecular flexibility index (Phi) is 4.74. The SMILES string of the molecule is COc1ccc2c(c1C(=O)O)OB(O)[C@@H](CSc1nncs1)C2. The van der Waals surface area contributed by atoms with E-state index in [9.17, 15) is 14.9 Å². The van der Waals surface area contributed by atoms with Gasteiger partial charge >= 0.3 is 13.1 Å². The summed E-state index contributed by atoms with van der Waals surface area (Å²) in [4.78, 5) is 11.5. The Morgan fingerprint density at radius 1 is 1.61 bits per heavy atom. The van der Waals surface area contributed by atoms with Crippen LogP contribution in [0.25, 0.3) is 0 Å². The van der Waals surface area contributed by atoms with Gasteiger partial charge in [-0.1, -0.05) is 29.2 Å². The second-order valence-corrected chi connectivity index (χ2v) is 7.02. The third-order valence-corrected chi connectivity index (χ3v) is 5.57. The van der Waals surface area contributed by atoms with Gasteiger partial charge in [0.25, 0.3) is 0 Å². The molecule has 23 heavy (non-hydrogen) atoms. The van der Waals surface area contributed by atoms with E-state index in [1.807, 2.05) is 0 Å². The van der Waals surface area contributed by atoms with Crippen LogP contribution in [0.5, 0.6) is 11.5 Å². The summed E-state index contributed by atoms with van der Waals surface area (Å²) in [6, 6.07) is 3.38. The molecule has 0 bridgehead atoms. The van der Waals surface area contributed by atoms with Gasteiger partial charge in [0, 0.05) is 11.6 Å². The summed E-state index contributed by atoms with van der Waals surface area (Å²) in [5.41, 5.74) is 2.34. The van der Waals surface area contributed by atoms with E-state index >= 15 is 0 Å². The van der Waals surface area contributed by atoms with Crippen LogP contribution in [0, 0.1) is 0 Å². The number of carbonyl (C=O) groups is 1. The van der Waals surface area contributed by atoms with E-state index in [0.717, 1.165) is 9.90 Å². The monoisotopic (exact) mass is 352 g/mol. The molecule has 0 spiro atoms.